The molecule has 3 aromatic rings. The van der Waals surface area contributed by atoms with E-state index in [1.54, 1.807) is 36.5 Å². The van der Waals surface area contributed by atoms with Gasteiger partial charge in [-0.2, -0.15) is 0 Å². The third-order valence-corrected chi connectivity index (χ3v) is 3.35. The van der Waals surface area contributed by atoms with Gasteiger partial charge in [0.1, 0.15) is 5.65 Å². The van der Waals surface area contributed by atoms with Crippen LogP contribution in [0.4, 0.5) is 0 Å². The van der Waals surface area contributed by atoms with Gasteiger partial charge < -0.3 is 10.1 Å². The Labute approximate surface area is 120 Å². The number of rotatable bonds is 3. The number of carboxylic acid groups (broad SMARTS) is 1. The summed E-state index contributed by atoms with van der Waals surface area (Å²) in [6.07, 6.45) is 1.66. The van der Waals surface area contributed by atoms with E-state index in [4.69, 9.17) is 5.11 Å². The number of carboxylic acids is 1. The van der Waals surface area contributed by atoms with Crippen LogP contribution in [0.3, 0.4) is 0 Å². The molecule has 0 spiro atoms. The van der Waals surface area contributed by atoms with E-state index in [0.29, 0.717) is 11.3 Å². The number of aromatic carboxylic acids is 1. The van der Waals surface area contributed by atoms with Crippen molar-refractivity contribution in [1.29, 1.82) is 0 Å². The van der Waals surface area contributed by atoms with Crippen LogP contribution in [0.25, 0.3) is 22.2 Å². The van der Waals surface area contributed by atoms with Crippen LogP contribution in [0.1, 0.15) is 27.8 Å². The molecule has 2 heterocycles. The highest BCUT2D eigenvalue weighted by molar-refractivity contribution is 6.01. The minimum absolute atomic E-state index is 0.0554. The number of Topliss-reactive ketones (excluding diaryl/α,β-unsaturated/α-hetero) is 1. The molecule has 0 radical (unpaired) electrons. The first-order chi connectivity index (χ1) is 10.1. The fourth-order valence-electron chi connectivity index (χ4n) is 2.26. The van der Waals surface area contributed by atoms with E-state index < -0.39 is 5.97 Å². The Morgan fingerprint density at radius 1 is 1.14 bits per heavy atom. The number of hydrogen-bond acceptors (Lipinski definition) is 3. The summed E-state index contributed by atoms with van der Waals surface area (Å²) in [6, 6.07) is 10.2. The van der Waals surface area contributed by atoms with Crippen molar-refractivity contribution in [2.24, 2.45) is 0 Å². The van der Waals surface area contributed by atoms with Crippen LogP contribution in [-0.2, 0) is 0 Å². The maximum Gasteiger partial charge on any atom is 0.335 e. The fourth-order valence-corrected chi connectivity index (χ4v) is 2.26. The van der Waals surface area contributed by atoms with Crippen LogP contribution in [0.5, 0.6) is 0 Å². The van der Waals surface area contributed by atoms with Crippen LogP contribution in [0.15, 0.2) is 42.6 Å². The summed E-state index contributed by atoms with van der Waals surface area (Å²) >= 11 is 0. The van der Waals surface area contributed by atoms with Crippen LogP contribution >= 0.6 is 0 Å². The van der Waals surface area contributed by atoms with E-state index in [1.165, 1.54) is 6.92 Å². The zero-order valence-corrected chi connectivity index (χ0v) is 11.3. The number of pyridine rings is 1. The van der Waals surface area contributed by atoms with E-state index in [0.717, 1.165) is 16.5 Å². The number of ketones is 1. The average molecular weight is 280 g/mol. The molecular formula is C16H12N2O3. The molecule has 0 unspecified atom stereocenters. The van der Waals surface area contributed by atoms with E-state index in [2.05, 4.69) is 9.97 Å². The smallest absolute Gasteiger partial charge is 0.335 e. The number of aromatic nitrogens is 2. The topological polar surface area (TPSA) is 83.1 Å². The highest BCUT2D eigenvalue weighted by Gasteiger charge is 2.11. The molecule has 1 aromatic carbocycles. The summed E-state index contributed by atoms with van der Waals surface area (Å²) in [6.45, 7) is 1.49. The molecule has 5 nitrogen and oxygen atoms in total. The molecule has 0 saturated heterocycles. The van der Waals surface area contributed by atoms with Crippen molar-refractivity contribution < 1.29 is 14.7 Å². The van der Waals surface area contributed by atoms with Crippen LogP contribution < -0.4 is 0 Å². The maximum absolute atomic E-state index is 11.5. The molecule has 104 valence electrons. The molecule has 0 amide bonds. The van der Waals surface area contributed by atoms with Crippen LogP contribution in [-0.4, -0.2) is 26.8 Å². The van der Waals surface area contributed by atoms with Crippen LogP contribution in [0.2, 0.25) is 0 Å². The molecule has 3 rings (SSSR count). The number of nitrogens with zero attached hydrogens (tertiary/aromatic N) is 1. The van der Waals surface area contributed by atoms with Gasteiger partial charge in [0.25, 0.3) is 0 Å². The monoisotopic (exact) mass is 280 g/mol. The lowest BCUT2D eigenvalue weighted by atomic mass is 10.0. The van der Waals surface area contributed by atoms with Crippen molar-refractivity contribution >= 4 is 22.8 Å². The Kier molecular flexibility index (Phi) is 3.02. The zero-order chi connectivity index (χ0) is 15.0. The van der Waals surface area contributed by atoms with Crippen molar-refractivity contribution in [3.05, 3.63) is 53.9 Å². The van der Waals surface area contributed by atoms with Gasteiger partial charge in [-0.1, -0.05) is 12.1 Å². The molecule has 0 fully saturated rings. The Hall–Kier alpha value is -2.95. The third-order valence-electron chi connectivity index (χ3n) is 3.35. The van der Waals surface area contributed by atoms with Crippen molar-refractivity contribution in [3.63, 3.8) is 0 Å². The van der Waals surface area contributed by atoms with E-state index in [-0.39, 0.29) is 11.3 Å². The Bertz CT molecular complexity index is 848. The van der Waals surface area contributed by atoms with Gasteiger partial charge >= 0.3 is 5.97 Å². The predicted molar refractivity (Wildman–Crippen MR) is 78.5 cm³/mol. The van der Waals surface area contributed by atoms with Gasteiger partial charge in [-0.3, -0.25) is 4.79 Å². The van der Waals surface area contributed by atoms with Crippen molar-refractivity contribution in [1.82, 2.24) is 9.97 Å². The molecule has 0 saturated carbocycles. The highest BCUT2D eigenvalue weighted by Crippen LogP contribution is 2.28. The van der Waals surface area contributed by atoms with Gasteiger partial charge in [0.05, 0.1) is 11.3 Å². The molecule has 0 bridgehead atoms. The third kappa shape index (κ3) is 2.29. The summed E-state index contributed by atoms with van der Waals surface area (Å²) in [5, 5.41) is 9.77. The minimum atomic E-state index is -0.957. The molecule has 0 aliphatic carbocycles. The van der Waals surface area contributed by atoms with Crippen LogP contribution in [0, 0.1) is 0 Å². The van der Waals surface area contributed by atoms with E-state index >= 15 is 0 Å². The zero-order valence-electron chi connectivity index (χ0n) is 11.3. The number of hydrogen-bond donors (Lipinski definition) is 2. The Balaban J connectivity index is 2.15. The number of fused-ring (bicyclic) bond motifs is 1. The molecule has 2 N–H and O–H groups in total. The van der Waals surface area contributed by atoms with Crippen molar-refractivity contribution in [2.75, 3.05) is 0 Å². The second-order valence-corrected chi connectivity index (χ2v) is 4.74. The molecule has 0 aliphatic heterocycles. The summed E-state index contributed by atoms with van der Waals surface area (Å²) in [7, 11) is 0. The van der Waals surface area contributed by atoms with Gasteiger partial charge in [0.2, 0.25) is 0 Å². The van der Waals surface area contributed by atoms with Crippen molar-refractivity contribution in [3.8, 4) is 11.1 Å². The van der Waals surface area contributed by atoms with Gasteiger partial charge in [0, 0.05) is 18.5 Å². The predicted octanol–water partition coefficient (Wildman–Crippen LogP) is 3.13. The number of carbonyl (C=O) groups is 2. The summed E-state index contributed by atoms with van der Waals surface area (Å²) in [4.78, 5) is 29.5. The lowest BCUT2D eigenvalue weighted by molar-refractivity contribution is 0.0696. The van der Waals surface area contributed by atoms with Gasteiger partial charge in [-0.25, -0.2) is 9.78 Å². The lowest BCUT2D eigenvalue weighted by Gasteiger charge is -2.03. The normalized spacial score (nSPS) is 10.7. The number of aromatic amines is 1. The second kappa shape index (κ2) is 4.86. The van der Waals surface area contributed by atoms with Gasteiger partial charge in [-0.15, -0.1) is 0 Å². The first kappa shape index (κ1) is 13.1. The van der Waals surface area contributed by atoms with Gasteiger partial charge in [-0.05, 0) is 35.4 Å². The summed E-state index contributed by atoms with van der Waals surface area (Å²) < 4.78 is 0. The Morgan fingerprint density at radius 3 is 2.48 bits per heavy atom. The average Bonchev–Trinajstić information content (AvgIpc) is 2.91. The number of nitrogens with one attached hydrogen (secondary N) is 1. The standard InChI is InChI=1S/C16H12N2O3/c1-9(19)14-8-13-12(6-7-17-15(13)18-14)10-2-4-11(5-3-10)16(20)21/h2-8H,1H3,(H,17,18)(H,20,21). The summed E-state index contributed by atoms with van der Waals surface area (Å²) in [5.41, 5.74) is 3.16. The summed E-state index contributed by atoms with van der Waals surface area (Å²) in [5.74, 6) is -1.01. The number of benzene rings is 1. The first-order valence-electron chi connectivity index (χ1n) is 6.38. The molecule has 21 heavy (non-hydrogen) atoms. The molecule has 2 aromatic heterocycles. The number of carbonyl (C=O) groups excluding carboxylic acids is 1. The maximum atomic E-state index is 11.5. The molecule has 5 heteroatoms. The SMILES string of the molecule is CC(=O)c1cc2c(-c3ccc(C(=O)O)cc3)ccnc2[nH]1. The molecule has 0 atom stereocenters. The fraction of sp³-hybridized carbons (Fsp3) is 0.0625. The Morgan fingerprint density at radius 2 is 1.86 bits per heavy atom. The number of H-pyrrole nitrogens is 1. The van der Waals surface area contributed by atoms with E-state index in [9.17, 15) is 9.59 Å². The second-order valence-electron chi connectivity index (χ2n) is 4.74. The first-order valence-corrected chi connectivity index (χ1v) is 6.38. The largest absolute Gasteiger partial charge is 0.478 e. The highest BCUT2D eigenvalue weighted by atomic mass is 16.4. The van der Waals surface area contributed by atoms with Gasteiger partial charge in [0.15, 0.2) is 5.78 Å². The van der Waals surface area contributed by atoms with Crippen molar-refractivity contribution in [2.45, 2.75) is 6.92 Å². The molecule has 0 aliphatic rings. The lowest BCUT2D eigenvalue weighted by Crippen LogP contribution is -1.95. The quantitative estimate of drug-likeness (QED) is 0.722. The minimum Gasteiger partial charge on any atom is -0.478 e. The van der Waals surface area contributed by atoms with E-state index in [1.807, 2.05) is 6.07 Å². The molecular weight excluding hydrogens is 268 g/mol.